The third kappa shape index (κ3) is 1.63. The molecule has 0 spiro atoms. The fourth-order valence-electron chi connectivity index (χ4n) is 1.48. The number of nitrogens with zero attached hydrogens (tertiary/aromatic N) is 1. The molecule has 0 fully saturated rings. The molecule has 0 aromatic carbocycles. The molecule has 0 amide bonds. The van der Waals surface area contributed by atoms with Gasteiger partial charge in [-0.3, -0.25) is 4.79 Å². The number of nitrogens with one attached hydrogen (secondary N) is 1. The van der Waals surface area contributed by atoms with Crippen LogP contribution in [0.5, 0.6) is 0 Å². The van der Waals surface area contributed by atoms with Gasteiger partial charge in [-0.15, -0.1) is 0 Å². The summed E-state index contributed by atoms with van der Waals surface area (Å²) in [4.78, 5) is 13.7. The van der Waals surface area contributed by atoms with E-state index < -0.39 is 0 Å². The number of nitrogen functional groups attached to an aromatic ring is 1. The highest BCUT2D eigenvalue weighted by Gasteiger charge is 2.13. The van der Waals surface area contributed by atoms with Crippen molar-refractivity contribution in [2.45, 2.75) is 13.3 Å². The van der Waals surface area contributed by atoms with Crippen LogP contribution in [0.3, 0.4) is 0 Å². The van der Waals surface area contributed by atoms with Crippen LogP contribution in [-0.4, -0.2) is 10.1 Å². The maximum Gasteiger partial charge on any atom is 0.248 e. The number of hydrogen-bond donors (Lipinski definition) is 2. The summed E-state index contributed by atoms with van der Waals surface area (Å²) in [5.41, 5.74) is 7.63. The number of nitrogens with two attached hydrogens (primary N) is 1. The van der Waals surface area contributed by atoms with Crippen LogP contribution in [0.1, 0.15) is 12.5 Å². The van der Waals surface area contributed by atoms with Gasteiger partial charge in [-0.1, -0.05) is 12.1 Å². The molecule has 2 rings (SSSR count). The third-order valence-electron chi connectivity index (χ3n) is 2.22. The van der Waals surface area contributed by atoms with E-state index in [9.17, 15) is 4.79 Å². The van der Waals surface area contributed by atoms with Crippen molar-refractivity contribution in [2.75, 3.05) is 5.73 Å². The maximum atomic E-state index is 11.1. The number of H-pyrrole nitrogens is 1. The predicted molar refractivity (Wildman–Crippen MR) is 56.4 cm³/mol. The first kappa shape index (κ1) is 9.51. The Morgan fingerprint density at radius 3 is 3.07 bits per heavy atom. The highest BCUT2D eigenvalue weighted by atomic mass is 16.5. The van der Waals surface area contributed by atoms with E-state index in [0.29, 0.717) is 11.6 Å². The lowest BCUT2D eigenvalue weighted by Crippen LogP contribution is -2.02. The third-order valence-corrected chi connectivity index (χ3v) is 2.22. The molecule has 2 heterocycles. The van der Waals surface area contributed by atoms with Gasteiger partial charge in [0.25, 0.3) is 0 Å². The summed E-state index contributed by atoms with van der Waals surface area (Å²) >= 11 is 0. The zero-order valence-corrected chi connectivity index (χ0v) is 8.28. The molecule has 0 aliphatic heterocycles. The fraction of sp³-hybridized carbons (Fsp3) is 0.200. The standard InChI is InChI=1S/C10H11N3O2/c1-2-7-9(13-15-10(7)11)6-3-4-12-8(14)5-6/h3-5H,2,11H2,1H3,(H,12,14). The van der Waals surface area contributed by atoms with Crippen molar-refractivity contribution < 1.29 is 4.52 Å². The summed E-state index contributed by atoms with van der Waals surface area (Å²) in [6, 6.07) is 3.23. The number of aromatic nitrogens is 2. The Labute approximate surface area is 85.9 Å². The van der Waals surface area contributed by atoms with Crippen LogP contribution in [-0.2, 0) is 6.42 Å². The van der Waals surface area contributed by atoms with Crippen LogP contribution < -0.4 is 11.3 Å². The number of pyridine rings is 1. The van der Waals surface area contributed by atoms with Crippen LogP contribution in [0.15, 0.2) is 27.6 Å². The molecule has 15 heavy (non-hydrogen) atoms. The van der Waals surface area contributed by atoms with Gasteiger partial charge in [-0.05, 0) is 12.5 Å². The molecule has 0 unspecified atom stereocenters. The molecular formula is C10H11N3O2. The van der Waals surface area contributed by atoms with Crippen molar-refractivity contribution in [1.29, 1.82) is 0 Å². The van der Waals surface area contributed by atoms with Gasteiger partial charge in [0, 0.05) is 23.4 Å². The number of rotatable bonds is 2. The maximum absolute atomic E-state index is 11.1. The largest absolute Gasteiger partial charge is 0.367 e. The molecule has 2 aromatic rings. The lowest BCUT2D eigenvalue weighted by molar-refractivity contribution is 0.438. The minimum atomic E-state index is -0.170. The quantitative estimate of drug-likeness (QED) is 0.770. The van der Waals surface area contributed by atoms with Gasteiger partial charge in [-0.2, -0.15) is 0 Å². The first-order valence-corrected chi connectivity index (χ1v) is 4.65. The average molecular weight is 205 g/mol. The molecule has 0 saturated carbocycles. The molecule has 5 nitrogen and oxygen atoms in total. The van der Waals surface area contributed by atoms with Gasteiger partial charge in [0.15, 0.2) is 0 Å². The van der Waals surface area contributed by atoms with Crippen molar-refractivity contribution in [3.63, 3.8) is 0 Å². The van der Waals surface area contributed by atoms with E-state index >= 15 is 0 Å². The normalized spacial score (nSPS) is 10.5. The summed E-state index contributed by atoms with van der Waals surface area (Å²) in [5, 5.41) is 3.85. The van der Waals surface area contributed by atoms with Gasteiger partial charge in [0.2, 0.25) is 11.4 Å². The molecule has 0 radical (unpaired) electrons. The number of hydrogen-bond acceptors (Lipinski definition) is 4. The van der Waals surface area contributed by atoms with E-state index in [1.54, 1.807) is 12.3 Å². The Hall–Kier alpha value is -2.04. The van der Waals surface area contributed by atoms with Crippen LogP contribution in [0.4, 0.5) is 5.88 Å². The van der Waals surface area contributed by atoms with Crippen LogP contribution in [0, 0.1) is 0 Å². The first-order valence-electron chi connectivity index (χ1n) is 4.65. The Morgan fingerprint density at radius 1 is 1.60 bits per heavy atom. The minimum Gasteiger partial charge on any atom is -0.367 e. The minimum absolute atomic E-state index is 0.170. The highest BCUT2D eigenvalue weighted by Crippen LogP contribution is 2.25. The summed E-state index contributed by atoms with van der Waals surface area (Å²) in [7, 11) is 0. The summed E-state index contributed by atoms with van der Waals surface area (Å²) in [6.07, 6.45) is 2.29. The lowest BCUT2D eigenvalue weighted by Gasteiger charge is -1.97. The predicted octanol–water partition coefficient (Wildman–Crippen LogP) is 1.17. The average Bonchev–Trinajstić information content (AvgIpc) is 2.59. The van der Waals surface area contributed by atoms with Crippen LogP contribution in [0.2, 0.25) is 0 Å². The molecule has 0 aliphatic carbocycles. The van der Waals surface area contributed by atoms with Gasteiger partial charge in [-0.25, -0.2) is 0 Å². The van der Waals surface area contributed by atoms with E-state index in [1.165, 1.54) is 6.07 Å². The smallest absolute Gasteiger partial charge is 0.248 e. The zero-order valence-electron chi connectivity index (χ0n) is 8.28. The molecule has 3 N–H and O–H groups in total. The molecule has 0 saturated heterocycles. The second-order valence-electron chi connectivity index (χ2n) is 3.17. The topological polar surface area (TPSA) is 84.9 Å². The second kappa shape index (κ2) is 3.61. The molecule has 78 valence electrons. The molecule has 2 aromatic heterocycles. The van der Waals surface area contributed by atoms with Gasteiger partial charge in [0.05, 0.1) is 0 Å². The van der Waals surface area contributed by atoms with Crippen LogP contribution in [0.25, 0.3) is 11.3 Å². The SMILES string of the molecule is CCc1c(-c2cc[nH]c(=O)c2)noc1N. The van der Waals surface area contributed by atoms with Gasteiger partial charge in [0.1, 0.15) is 5.69 Å². The van der Waals surface area contributed by atoms with Crippen molar-refractivity contribution in [3.8, 4) is 11.3 Å². The van der Waals surface area contributed by atoms with Gasteiger partial charge >= 0.3 is 0 Å². The van der Waals surface area contributed by atoms with E-state index in [2.05, 4.69) is 10.1 Å². The first-order chi connectivity index (χ1) is 7.22. The van der Waals surface area contributed by atoms with E-state index in [0.717, 1.165) is 17.5 Å². The Bertz CT molecular complexity index is 527. The highest BCUT2D eigenvalue weighted by molar-refractivity contribution is 5.66. The van der Waals surface area contributed by atoms with Crippen molar-refractivity contribution in [1.82, 2.24) is 10.1 Å². The molecule has 5 heteroatoms. The lowest BCUT2D eigenvalue weighted by atomic mass is 10.1. The Morgan fingerprint density at radius 2 is 2.40 bits per heavy atom. The summed E-state index contributed by atoms with van der Waals surface area (Å²) in [5.74, 6) is 0.313. The van der Waals surface area contributed by atoms with E-state index in [1.807, 2.05) is 6.92 Å². The summed E-state index contributed by atoms with van der Waals surface area (Å²) < 4.78 is 4.90. The molecule has 0 atom stereocenters. The van der Waals surface area contributed by atoms with Gasteiger partial charge < -0.3 is 15.2 Å². The molecular weight excluding hydrogens is 194 g/mol. The zero-order chi connectivity index (χ0) is 10.8. The molecule has 0 aliphatic rings. The monoisotopic (exact) mass is 205 g/mol. The van der Waals surface area contributed by atoms with Crippen molar-refractivity contribution >= 4 is 5.88 Å². The van der Waals surface area contributed by atoms with Crippen molar-refractivity contribution in [2.24, 2.45) is 0 Å². The van der Waals surface area contributed by atoms with E-state index in [-0.39, 0.29) is 5.56 Å². The fourth-order valence-corrected chi connectivity index (χ4v) is 1.48. The number of anilines is 1. The molecule has 0 bridgehead atoms. The van der Waals surface area contributed by atoms with Crippen molar-refractivity contribution in [3.05, 3.63) is 34.2 Å². The Balaban J connectivity index is 2.58. The van der Waals surface area contributed by atoms with E-state index in [4.69, 9.17) is 10.3 Å². The summed E-state index contributed by atoms with van der Waals surface area (Å²) in [6.45, 7) is 1.96. The van der Waals surface area contributed by atoms with Crippen LogP contribution >= 0.6 is 0 Å². The number of aromatic amines is 1. The Kier molecular flexibility index (Phi) is 2.29. The second-order valence-corrected chi connectivity index (χ2v) is 3.17.